The van der Waals surface area contributed by atoms with Crippen LogP contribution >= 0.6 is 11.6 Å². The molecule has 0 aromatic heterocycles. The van der Waals surface area contributed by atoms with E-state index in [1.165, 1.54) is 18.2 Å². The summed E-state index contributed by atoms with van der Waals surface area (Å²) in [7, 11) is 0. The zero-order chi connectivity index (χ0) is 19.3. The smallest absolute Gasteiger partial charge is 0.317 e. The molecule has 0 spiro atoms. The van der Waals surface area contributed by atoms with Crippen molar-refractivity contribution in [1.82, 2.24) is 15.5 Å². The van der Waals surface area contributed by atoms with Gasteiger partial charge in [0.2, 0.25) is 0 Å². The summed E-state index contributed by atoms with van der Waals surface area (Å²) in [5.74, 6) is -1.51. The van der Waals surface area contributed by atoms with Gasteiger partial charge in [0.25, 0.3) is 0 Å². The highest BCUT2D eigenvalue weighted by Crippen LogP contribution is 2.26. The second kappa shape index (κ2) is 9.16. The molecule has 26 heavy (non-hydrogen) atoms. The van der Waals surface area contributed by atoms with Crippen molar-refractivity contribution < 1.29 is 24.2 Å². The minimum absolute atomic E-state index is 0.0182. The zero-order valence-electron chi connectivity index (χ0n) is 14.4. The first kappa shape index (κ1) is 20.4. The fourth-order valence-electron chi connectivity index (χ4n) is 3.03. The summed E-state index contributed by atoms with van der Waals surface area (Å²) in [5, 5.41) is 24.2. The van der Waals surface area contributed by atoms with E-state index in [4.69, 9.17) is 16.7 Å². The maximum atomic E-state index is 13.7. The molecule has 0 heterocycles. The number of hydrogen-bond donors (Lipinski definition) is 4. The molecule has 1 aromatic rings. The molecule has 1 aliphatic rings. The number of likely N-dealkylation sites (N-methyl/N-ethyl adjacent to an activating group) is 1. The number of halogens is 2. The van der Waals surface area contributed by atoms with Gasteiger partial charge in [-0.15, -0.1) is 0 Å². The summed E-state index contributed by atoms with van der Waals surface area (Å²) in [4.78, 5) is 24.6. The summed E-state index contributed by atoms with van der Waals surface area (Å²) in [5.41, 5.74) is -0.0505. The SMILES string of the molecule is CCN(CC(=O)O)C1CC(NC(=O)NCC(O)c2c(F)cccc2Cl)C1. The number of carboxylic acids is 1. The molecule has 0 radical (unpaired) electrons. The largest absolute Gasteiger partial charge is 0.480 e. The van der Waals surface area contributed by atoms with Crippen LogP contribution in [0.5, 0.6) is 0 Å². The number of carboxylic acid groups (broad SMARTS) is 1. The molecule has 144 valence electrons. The molecule has 2 rings (SSSR count). The molecular weight excluding hydrogens is 365 g/mol. The number of aliphatic carboxylic acids is 1. The van der Waals surface area contributed by atoms with E-state index in [0.29, 0.717) is 19.4 Å². The van der Waals surface area contributed by atoms with Crippen LogP contribution in [-0.4, -0.2) is 58.8 Å². The molecule has 0 saturated heterocycles. The lowest BCUT2D eigenvalue weighted by Crippen LogP contribution is -2.56. The quantitative estimate of drug-likeness (QED) is 0.544. The molecule has 1 saturated carbocycles. The Morgan fingerprint density at radius 2 is 2.12 bits per heavy atom. The van der Waals surface area contributed by atoms with Crippen LogP contribution in [-0.2, 0) is 4.79 Å². The predicted octanol–water partition coefficient (Wildman–Crippen LogP) is 1.75. The van der Waals surface area contributed by atoms with Crippen LogP contribution in [0.4, 0.5) is 9.18 Å². The van der Waals surface area contributed by atoms with E-state index in [1.54, 1.807) is 0 Å². The lowest BCUT2D eigenvalue weighted by Gasteiger charge is -2.42. The van der Waals surface area contributed by atoms with Crippen molar-refractivity contribution in [2.24, 2.45) is 0 Å². The maximum Gasteiger partial charge on any atom is 0.317 e. The molecule has 7 nitrogen and oxygen atoms in total. The minimum atomic E-state index is -1.25. The molecule has 1 atom stereocenters. The first-order chi connectivity index (χ1) is 12.3. The van der Waals surface area contributed by atoms with E-state index in [0.717, 1.165) is 0 Å². The summed E-state index contributed by atoms with van der Waals surface area (Å²) < 4.78 is 13.7. The van der Waals surface area contributed by atoms with Gasteiger partial charge < -0.3 is 20.8 Å². The topological polar surface area (TPSA) is 102 Å². The van der Waals surface area contributed by atoms with Crippen molar-refractivity contribution in [2.45, 2.75) is 38.0 Å². The van der Waals surface area contributed by atoms with E-state index in [-0.39, 0.29) is 35.8 Å². The number of benzene rings is 1. The molecule has 0 aliphatic heterocycles. The molecular formula is C17H23ClFN3O4. The summed E-state index contributed by atoms with van der Waals surface area (Å²) in [6, 6.07) is 3.69. The van der Waals surface area contributed by atoms with Crippen LogP contribution in [0.3, 0.4) is 0 Å². The van der Waals surface area contributed by atoms with Crippen molar-refractivity contribution in [3.8, 4) is 0 Å². The Morgan fingerprint density at radius 1 is 1.42 bits per heavy atom. The van der Waals surface area contributed by atoms with E-state index in [9.17, 15) is 19.1 Å². The molecule has 9 heteroatoms. The number of rotatable bonds is 8. The fraction of sp³-hybridized carbons (Fsp3) is 0.529. The number of aliphatic hydroxyl groups is 1. The Bertz CT molecular complexity index is 635. The monoisotopic (exact) mass is 387 g/mol. The highest BCUT2D eigenvalue weighted by atomic mass is 35.5. The van der Waals surface area contributed by atoms with Gasteiger partial charge in [0, 0.05) is 29.2 Å². The molecule has 4 N–H and O–H groups in total. The second-order valence-electron chi connectivity index (χ2n) is 6.28. The zero-order valence-corrected chi connectivity index (χ0v) is 15.2. The normalized spacial score (nSPS) is 20.3. The van der Waals surface area contributed by atoms with Gasteiger partial charge >= 0.3 is 12.0 Å². The molecule has 1 aliphatic carbocycles. The van der Waals surface area contributed by atoms with Gasteiger partial charge in [0.1, 0.15) is 11.9 Å². The second-order valence-corrected chi connectivity index (χ2v) is 6.69. The third kappa shape index (κ3) is 5.30. The van der Waals surface area contributed by atoms with Gasteiger partial charge in [-0.2, -0.15) is 0 Å². The average molecular weight is 388 g/mol. The number of carbonyl (C=O) groups is 2. The molecule has 0 bridgehead atoms. The lowest BCUT2D eigenvalue weighted by atomic mass is 9.85. The van der Waals surface area contributed by atoms with Crippen LogP contribution < -0.4 is 10.6 Å². The minimum Gasteiger partial charge on any atom is -0.480 e. The third-order valence-corrected chi connectivity index (χ3v) is 4.83. The number of aliphatic hydroxyl groups excluding tert-OH is 1. The Balaban J connectivity index is 1.74. The van der Waals surface area contributed by atoms with E-state index in [2.05, 4.69) is 10.6 Å². The summed E-state index contributed by atoms with van der Waals surface area (Å²) in [6.07, 6.45) is 0.0710. The van der Waals surface area contributed by atoms with E-state index < -0.39 is 23.9 Å². The third-order valence-electron chi connectivity index (χ3n) is 4.50. The van der Waals surface area contributed by atoms with Crippen LogP contribution in [0.25, 0.3) is 0 Å². The predicted molar refractivity (Wildman–Crippen MR) is 94.6 cm³/mol. The van der Waals surface area contributed by atoms with Gasteiger partial charge in [0.15, 0.2) is 0 Å². The number of hydrogen-bond acceptors (Lipinski definition) is 4. The van der Waals surface area contributed by atoms with E-state index >= 15 is 0 Å². The lowest BCUT2D eigenvalue weighted by molar-refractivity contribution is -0.139. The van der Waals surface area contributed by atoms with Crippen LogP contribution in [0.15, 0.2) is 18.2 Å². The fourth-order valence-corrected chi connectivity index (χ4v) is 3.32. The van der Waals surface area contributed by atoms with Crippen molar-refractivity contribution in [1.29, 1.82) is 0 Å². The van der Waals surface area contributed by atoms with Crippen molar-refractivity contribution in [3.63, 3.8) is 0 Å². The Morgan fingerprint density at radius 3 is 2.69 bits per heavy atom. The van der Waals surface area contributed by atoms with Gasteiger partial charge in [-0.1, -0.05) is 24.6 Å². The number of nitrogens with zero attached hydrogens (tertiary/aromatic N) is 1. The number of urea groups is 1. The van der Waals surface area contributed by atoms with Crippen molar-refractivity contribution in [2.75, 3.05) is 19.6 Å². The highest BCUT2D eigenvalue weighted by Gasteiger charge is 2.34. The standard InChI is InChI=1S/C17H23ClFN3O4/c1-2-22(9-15(24)25)11-6-10(7-11)21-17(26)20-8-14(23)16-12(18)4-3-5-13(16)19/h3-5,10-11,14,23H,2,6-9H2,1H3,(H,24,25)(H2,20,21,26). The molecule has 2 amide bonds. The van der Waals surface area contributed by atoms with Gasteiger partial charge in [-0.25, -0.2) is 9.18 Å². The number of amides is 2. The molecule has 1 unspecified atom stereocenters. The van der Waals surface area contributed by atoms with Crippen LogP contribution in [0.1, 0.15) is 31.4 Å². The molecule has 1 fully saturated rings. The van der Waals surface area contributed by atoms with E-state index in [1.807, 2.05) is 11.8 Å². The summed E-state index contributed by atoms with van der Waals surface area (Å²) in [6.45, 7) is 2.33. The van der Waals surface area contributed by atoms with Crippen LogP contribution in [0, 0.1) is 5.82 Å². The van der Waals surface area contributed by atoms with Gasteiger partial charge in [-0.05, 0) is 31.5 Å². The Labute approximate surface area is 156 Å². The van der Waals surface area contributed by atoms with Crippen molar-refractivity contribution >= 4 is 23.6 Å². The van der Waals surface area contributed by atoms with Gasteiger partial charge in [0.05, 0.1) is 6.54 Å². The van der Waals surface area contributed by atoms with Crippen LogP contribution in [0.2, 0.25) is 5.02 Å². The Kier molecular flexibility index (Phi) is 7.19. The summed E-state index contributed by atoms with van der Waals surface area (Å²) >= 11 is 5.88. The van der Waals surface area contributed by atoms with Gasteiger partial charge in [-0.3, -0.25) is 9.69 Å². The average Bonchev–Trinajstić information content (AvgIpc) is 2.53. The number of carbonyl (C=O) groups excluding carboxylic acids is 1. The van der Waals surface area contributed by atoms with Crippen molar-refractivity contribution in [3.05, 3.63) is 34.6 Å². The maximum absolute atomic E-state index is 13.7. The Hall–Kier alpha value is -1.90. The number of nitrogens with one attached hydrogen (secondary N) is 2. The highest BCUT2D eigenvalue weighted by molar-refractivity contribution is 6.31. The molecule has 1 aromatic carbocycles. The first-order valence-corrected chi connectivity index (χ1v) is 8.81. The first-order valence-electron chi connectivity index (χ1n) is 8.44.